The van der Waals surface area contributed by atoms with E-state index in [1.807, 2.05) is 12.1 Å². The molecule has 2 fully saturated rings. The molecular formula is C19H22Cl2N6O2. The van der Waals surface area contributed by atoms with Crippen LogP contribution in [0.15, 0.2) is 29.4 Å². The third-order valence-corrected chi connectivity index (χ3v) is 5.24. The second kappa shape index (κ2) is 9.58. The van der Waals surface area contributed by atoms with E-state index in [1.54, 1.807) is 18.3 Å². The van der Waals surface area contributed by atoms with E-state index < -0.39 is 0 Å². The highest BCUT2D eigenvalue weighted by molar-refractivity contribution is 6.36. The first-order valence-electron chi connectivity index (χ1n) is 9.48. The molecule has 1 aromatic heterocycles. The van der Waals surface area contributed by atoms with Crippen molar-refractivity contribution in [3.05, 3.63) is 39.9 Å². The van der Waals surface area contributed by atoms with E-state index in [9.17, 15) is 0 Å². The van der Waals surface area contributed by atoms with Gasteiger partial charge in [0.05, 0.1) is 37.7 Å². The van der Waals surface area contributed by atoms with Crippen molar-refractivity contribution >= 4 is 47.0 Å². The van der Waals surface area contributed by atoms with Crippen molar-refractivity contribution in [3.63, 3.8) is 0 Å². The van der Waals surface area contributed by atoms with Crippen molar-refractivity contribution < 1.29 is 9.47 Å². The maximum Gasteiger partial charge on any atom is 0.229 e. The molecule has 3 heterocycles. The first kappa shape index (κ1) is 20.2. The van der Waals surface area contributed by atoms with Gasteiger partial charge in [0.25, 0.3) is 0 Å². The molecule has 154 valence electrons. The Labute approximate surface area is 179 Å². The van der Waals surface area contributed by atoms with Crippen LogP contribution in [0.3, 0.4) is 0 Å². The molecular weight excluding hydrogens is 415 g/mol. The minimum absolute atomic E-state index is 0.536. The molecule has 0 amide bonds. The molecule has 0 atom stereocenters. The SMILES string of the molecule is Clc1ccc(C=NNc2cc(N3CCOCC3)nc(N3CCOCC3)n2)c(Cl)c1. The first-order chi connectivity index (χ1) is 14.2. The average molecular weight is 437 g/mol. The monoisotopic (exact) mass is 436 g/mol. The summed E-state index contributed by atoms with van der Waals surface area (Å²) in [6.07, 6.45) is 1.64. The van der Waals surface area contributed by atoms with E-state index in [-0.39, 0.29) is 0 Å². The Bertz CT molecular complexity index is 834. The van der Waals surface area contributed by atoms with E-state index in [0.717, 1.165) is 37.6 Å². The van der Waals surface area contributed by atoms with Gasteiger partial charge in [-0.1, -0.05) is 29.3 Å². The van der Waals surface area contributed by atoms with Crippen LogP contribution in [0.1, 0.15) is 5.56 Å². The van der Waals surface area contributed by atoms with Gasteiger partial charge in [-0.3, -0.25) is 5.43 Å². The van der Waals surface area contributed by atoms with Crippen molar-refractivity contribution in [2.45, 2.75) is 0 Å². The molecule has 4 rings (SSSR count). The molecule has 10 heteroatoms. The minimum Gasteiger partial charge on any atom is -0.378 e. The summed E-state index contributed by atoms with van der Waals surface area (Å²) in [6.45, 7) is 5.82. The largest absolute Gasteiger partial charge is 0.378 e. The zero-order valence-electron chi connectivity index (χ0n) is 15.9. The van der Waals surface area contributed by atoms with Crippen molar-refractivity contribution in [1.29, 1.82) is 0 Å². The van der Waals surface area contributed by atoms with E-state index in [0.29, 0.717) is 48.2 Å². The van der Waals surface area contributed by atoms with Crippen LogP contribution in [0.2, 0.25) is 10.0 Å². The van der Waals surface area contributed by atoms with E-state index >= 15 is 0 Å². The number of benzene rings is 1. The average Bonchev–Trinajstić information content (AvgIpc) is 2.76. The smallest absolute Gasteiger partial charge is 0.229 e. The highest BCUT2D eigenvalue weighted by atomic mass is 35.5. The Morgan fingerprint density at radius 3 is 2.31 bits per heavy atom. The lowest BCUT2D eigenvalue weighted by molar-refractivity contribution is 0.121. The third-order valence-electron chi connectivity index (χ3n) is 4.68. The number of nitrogens with one attached hydrogen (secondary N) is 1. The highest BCUT2D eigenvalue weighted by Crippen LogP contribution is 2.23. The van der Waals surface area contributed by atoms with Crippen LogP contribution in [0.25, 0.3) is 0 Å². The Morgan fingerprint density at radius 1 is 0.931 bits per heavy atom. The summed E-state index contributed by atoms with van der Waals surface area (Å²) in [5.41, 5.74) is 3.77. The molecule has 0 bridgehead atoms. The summed E-state index contributed by atoms with van der Waals surface area (Å²) < 4.78 is 10.9. The van der Waals surface area contributed by atoms with Gasteiger partial charge >= 0.3 is 0 Å². The van der Waals surface area contributed by atoms with Crippen LogP contribution < -0.4 is 15.2 Å². The normalized spacial score (nSPS) is 17.7. The fourth-order valence-corrected chi connectivity index (χ4v) is 3.57. The van der Waals surface area contributed by atoms with Crippen molar-refractivity contribution in [2.75, 3.05) is 67.8 Å². The summed E-state index contributed by atoms with van der Waals surface area (Å²) in [5.74, 6) is 2.14. The van der Waals surface area contributed by atoms with E-state index in [2.05, 4.69) is 25.3 Å². The summed E-state index contributed by atoms with van der Waals surface area (Å²) in [6, 6.07) is 7.17. The van der Waals surface area contributed by atoms with Crippen LogP contribution >= 0.6 is 23.2 Å². The summed E-state index contributed by atoms with van der Waals surface area (Å²) >= 11 is 12.1. The predicted molar refractivity (Wildman–Crippen MR) is 116 cm³/mol. The molecule has 1 aromatic carbocycles. The van der Waals surface area contributed by atoms with Gasteiger partial charge in [0, 0.05) is 42.8 Å². The lowest BCUT2D eigenvalue weighted by Gasteiger charge is -2.31. The van der Waals surface area contributed by atoms with E-state index in [1.165, 1.54) is 0 Å². The Kier molecular flexibility index (Phi) is 6.66. The summed E-state index contributed by atoms with van der Waals surface area (Å²) in [5, 5.41) is 5.42. The van der Waals surface area contributed by atoms with Gasteiger partial charge in [0.15, 0.2) is 5.82 Å². The van der Waals surface area contributed by atoms with Crippen molar-refractivity contribution in [1.82, 2.24) is 9.97 Å². The molecule has 2 aliphatic rings. The number of aromatic nitrogens is 2. The fourth-order valence-electron chi connectivity index (χ4n) is 3.11. The fraction of sp³-hybridized carbons (Fsp3) is 0.421. The maximum absolute atomic E-state index is 6.20. The van der Waals surface area contributed by atoms with Gasteiger partial charge in [-0.25, -0.2) is 0 Å². The first-order valence-corrected chi connectivity index (χ1v) is 10.2. The van der Waals surface area contributed by atoms with Crippen LogP contribution in [0, 0.1) is 0 Å². The van der Waals surface area contributed by atoms with Crippen LogP contribution in [0.4, 0.5) is 17.6 Å². The zero-order chi connectivity index (χ0) is 20.1. The second-order valence-electron chi connectivity index (χ2n) is 6.65. The van der Waals surface area contributed by atoms with Crippen LogP contribution in [0.5, 0.6) is 0 Å². The molecule has 0 spiro atoms. The molecule has 0 unspecified atom stereocenters. The number of ether oxygens (including phenoxy) is 2. The maximum atomic E-state index is 6.20. The topological polar surface area (TPSA) is 75.1 Å². The summed E-state index contributed by atoms with van der Waals surface area (Å²) in [7, 11) is 0. The van der Waals surface area contributed by atoms with Gasteiger partial charge in [-0.2, -0.15) is 15.1 Å². The number of anilines is 3. The number of nitrogens with zero attached hydrogens (tertiary/aromatic N) is 5. The van der Waals surface area contributed by atoms with Crippen LogP contribution in [-0.2, 0) is 9.47 Å². The molecule has 2 aliphatic heterocycles. The number of halogens is 2. The molecule has 0 aliphatic carbocycles. The molecule has 0 saturated carbocycles. The Balaban J connectivity index is 1.56. The number of hydrazone groups is 1. The van der Waals surface area contributed by atoms with Crippen molar-refractivity contribution in [2.24, 2.45) is 5.10 Å². The number of rotatable bonds is 5. The molecule has 1 N–H and O–H groups in total. The van der Waals surface area contributed by atoms with Gasteiger partial charge in [0.2, 0.25) is 5.95 Å². The number of hydrogen-bond donors (Lipinski definition) is 1. The molecule has 0 radical (unpaired) electrons. The molecule has 2 aromatic rings. The van der Waals surface area contributed by atoms with Gasteiger partial charge in [-0.05, 0) is 12.1 Å². The van der Waals surface area contributed by atoms with Crippen molar-refractivity contribution in [3.8, 4) is 0 Å². The summed E-state index contributed by atoms with van der Waals surface area (Å²) in [4.78, 5) is 13.7. The van der Waals surface area contributed by atoms with Gasteiger partial charge in [-0.15, -0.1) is 0 Å². The second-order valence-corrected chi connectivity index (χ2v) is 7.49. The number of hydrogen-bond acceptors (Lipinski definition) is 8. The lowest BCUT2D eigenvalue weighted by Crippen LogP contribution is -2.39. The lowest BCUT2D eigenvalue weighted by atomic mass is 10.2. The number of morpholine rings is 2. The van der Waals surface area contributed by atoms with Gasteiger partial charge in [0.1, 0.15) is 5.82 Å². The Morgan fingerprint density at radius 2 is 1.62 bits per heavy atom. The predicted octanol–water partition coefficient (Wildman–Crippen LogP) is 2.90. The van der Waals surface area contributed by atoms with Crippen LogP contribution in [-0.4, -0.2) is 68.8 Å². The van der Waals surface area contributed by atoms with Gasteiger partial charge < -0.3 is 19.3 Å². The molecule has 29 heavy (non-hydrogen) atoms. The standard InChI is InChI=1S/C19H22Cl2N6O2/c20-15-2-1-14(16(21)11-15)13-22-25-17-12-18(26-3-7-28-8-4-26)24-19(23-17)27-5-9-29-10-6-27/h1-2,11-13H,3-10H2,(H,23,24,25). The van der Waals surface area contributed by atoms with E-state index in [4.69, 9.17) is 37.7 Å². The quantitative estimate of drug-likeness (QED) is 0.570. The molecule has 8 nitrogen and oxygen atoms in total. The molecule has 2 saturated heterocycles. The zero-order valence-corrected chi connectivity index (χ0v) is 17.4. The Hall–Kier alpha value is -2.13. The third kappa shape index (κ3) is 5.27. The highest BCUT2D eigenvalue weighted by Gasteiger charge is 2.19. The minimum atomic E-state index is 0.536.